The molecule has 0 bridgehead atoms. The molecule has 24 heavy (non-hydrogen) atoms. The summed E-state index contributed by atoms with van der Waals surface area (Å²) in [5.74, 6) is 1.61. The van der Waals surface area contributed by atoms with Crippen molar-refractivity contribution in [1.29, 1.82) is 0 Å². The van der Waals surface area contributed by atoms with Crippen molar-refractivity contribution in [3.05, 3.63) is 72.9 Å². The van der Waals surface area contributed by atoms with Crippen molar-refractivity contribution < 1.29 is 0 Å². The summed E-state index contributed by atoms with van der Waals surface area (Å²) in [5, 5.41) is 0. The summed E-state index contributed by atoms with van der Waals surface area (Å²) >= 11 is 0. The topological polar surface area (TPSA) is 0 Å². The van der Waals surface area contributed by atoms with Crippen molar-refractivity contribution in [3.8, 4) is 0 Å². The van der Waals surface area contributed by atoms with Gasteiger partial charge in [0.25, 0.3) is 0 Å². The Hall–Kier alpha value is -1.82. The van der Waals surface area contributed by atoms with E-state index in [2.05, 4.69) is 61.7 Å². The van der Waals surface area contributed by atoms with Crippen LogP contribution in [0.4, 0.5) is 0 Å². The first kappa shape index (κ1) is 17.0. The monoisotopic (exact) mass is 318 g/mol. The van der Waals surface area contributed by atoms with Gasteiger partial charge in [-0.15, -0.1) is 13.2 Å². The predicted octanol–water partition coefficient (Wildman–Crippen LogP) is 7.21. The zero-order valence-electron chi connectivity index (χ0n) is 14.8. The average Bonchev–Trinajstić information content (AvgIpc) is 2.64. The smallest absolute Gasteiger partial charge is 0.0227 e. The molecule has 0 fully saturated rings. The van der Waals surface area contributed by atoms with E-state index in [9.17, 15) is 0 Å². The molecule has 3 rings (SSSR count). The van der Waals surface area contributed by atoms with Crippen molar-refractivity contribution in [1.82, 2.24) is 0 Å². The Balaban J connectivity index is 1.64. The van der Waals surface area contributed by atoms with Crippen LogP contribution in [0.3, 0.4) is 0 Å². The highest BCUT2D eigenvalue weighted by molar-refractivity contribution is 5.71. The van der Waals surface area contributed by atoms with Crippen LogP contribution < -0.4 is 0 Å². The molecule has 2 aliphatic rings. The van der Waals surface area contributed by atoms with Gasteiger partial charge in [-0.3, -0.25) is 0 Å². The fraction of sp³-hybridized carbons (Fsp3) is 0.417. The second-order valence-corrected chi connectivity index (χ2v) is 7.37. The third-order valence-electron chi connectivity index (χ3n) is 5.67. The molecule has 1 aromatic rings. The molecule has 0 saturated heterocycles. The van der Waals surface area contributed by atoms with E-state index < -0.39 is 0 Å². The molecule has 0 aromatic heterocycles. The Kier molecular flexibility index (Phi) is 5.91. The molecule has 2 atom stereocenters. The van der Waals surface area contributed by atoms with E-state index >= 15 is 0 Å². The van der Waals surface area contributed by atoms with E-state index in [0.717, 1.165) is 24.7 Å². The molecular weight excluding hydrogens is 288 g/mol. The van der Waals surface area contributed by atoms with Crippen LogP contribution in [0.15, 0.2) is 61.7 Å². The lowest BCUT2D eigenvalue weighted by Gasteiger charge is -2.22. The molecule has 0 spiro atoms. The maximum absolute atomic E-state index is 3.87. The molecule has 1 aromatic carbocycles. The highest BCUT2D eigenvalue weighted by atomic mass is 14.2. The van der Waals surface area contributed by atoms with Gasteiger partial charge in [-0.25, -0.2) is 0 Å². The van der Waals surface area contributed by atoms with E-state index in [0.29, 0.717) is 0 Å². The number of allylic oxidation sites excluding steroid dienone is 6. The van der Waals surface area contributed by atoms with Crippen molar-refractivity contribution >= 4 is 11.1 Å². The van der Waals surface area contributed by atoms with Crippen molar-refractivity contribution in [3.63, 3.8) is 0 Å². The summed E-state index contributed by atoms with van der Waals surface area (Å²) in [4.78, 5) is 0. The first-order valence-electron chi connectivity index (χ1n) is 9.50. The van der Waals surface area contributed by atoms with Crippen molar-refractivity contribution in [2.75, 3.05) is 0 Å². The molecule has 0 radical (unpaired) electrons. The van der Waals surface area contributed by atoms with Gasteiger partial charge in [0.05, 0.1) is 0 Å². The SMILES string of the molecule is C=CCC1CC=C(c2ccc(C3=CCC(CC=C)CC3)cc2)CC1. The minimum absolute atomic E-state index is 0.807. The molecule has 2 aliphatic carbocycles. The lowest BCUT2D eigenvalue weighted by molar-refractivity contribution is 0.492. The maximum atomic E-state index is 3.87. The fourth-order valence-corrected chi connectivity index (χ4v) is 4.10. The van der Waals surface area contributed by atoms with Gasteiger partial charge in [0.15, 0.2) is 0 Å². The zero-order chi connectivity index (χ0) is 16.8. The molecular formula is C24H30. The maximum Gasteiger partial charge on any atom is -0.0227 e. The normalized spacial score (nSPS) is 24.0. The fourth-order valence-electron chi connectivity index (χ4n) is 4.10. The zero-order valence-corrected chi connectivity index (χ0v) is 14.8. The lowest BCUT2D eigenvalue weighted by atomic mass is 9.83. The predicted molar refractivity (Wildman–Crippen MR) is 107 cm³/mol. The largest absolute Gasteiger partial charge is 0.103 e. The number of benzene rings is 1. The van der Waals surface area contributed by atoms with E-state index in [4.69, 9.17) is 0 Å². The third kappa shape index (κ3) is 4.17. The van der Waals surface area contributed by atoms with Crippen LogP contribution >= 0.6 is 0 Å². The molecule has 2 unspecified atom stereocenters. The van der Waals surface area contributed by atoms with Gasteiger partial charge in [-0.2, -0.15) is 0 Å². The molecule has 0 amide bonds. The minimum atomic E-state index is 0.807. The summed E-state index contributed by atoms with van der Waals surface area (Å²) < 4.78 is 0. The van der Waals surface area contributed by atoms with Crippen LogP contribution in [0.5, 0.6) is 0 Å². The summed E-state index contributed by atoms with van der Waals surface area (Å²) in [6.07, 6.45) is 18.8. The Morgan fingerprint density at radius 1 is 0.750 bits per heavy atom. The second-order valence-electron chi connectivity index (χ2n) is 7.37. The average molecular weight is 319 g/mol. The molecule has 0 heterocycles. The Labute approximate surface area is 147 Å². The highest BCUT2D eigenvalue weighted by Gasteiger charge is 2.16. The lowest BCUT2D eigenvalue weighted by Crippen LogP contribution is -2.05. The van der Waals surface area contributed by atoms with Crippen LogP contribution in [-0.4, -0.2) is 0 Å². The van der Waals surface area contributed by atoms with E-state index in [1.54, 1.807) is 0 Å². The number of hydrogen-bond acceptors (Lipinski definition) is 0. The van der Waals surface area contributed by atoms with E-state index in [1.807, 2.05) is 0 Å². The Morgan fingerprint density at radius 3 is 1.46 bits per heavy atom. The van der Waals surface area contributed by atoms with Crippen LogP contribution in [-0.2, 0) is 0 Å². The van der Waals surface area contributed by atoms with Gasteiger partial charge < -0.3 is 0 Å². The summed E-state index contributed by atoms with van der Waals surface area (Å²) in [6.45, 7) is 7.74. The van der Waals surface area contributed by atoms with Gasteiger partial charge in [-0.05, 0) is 85.5 Å². The molecule has 0 heteroatoms. The van der Waals surface area contributed by atoms with Gasteiger partial charge in [0.1, 0.15) is 0 Å². The van der Waals surface area contributed by atoms with Crippen molar-refractivity contribution in [2.24, 2.45) is 11.8 Å². The second kappa shape index (κ2) is 8.33. The first-order valence-corrected chi connectivity index (χ1v) is 9.50. The van der Waals surface area contributed by atoms with Crippen LogP contribution in [0, 0.1) is 11.8 Å². The standard InChI is InChI=1S/C24H30/c1-3-5-19-7-11-21(12-8-19)23-15-17-24(18-16-23)22-13-9-20(6-4-2)10-14-22/h3-4,11,13,15-20H,1-2,5-10,12,14H2. The molecule has 126 valence electrons. The number of rotatable bonds is 6. The van der Waals surface area contributed by atoms with Crippen LogP contribution in [0.25, 0.3) is 11.1 Å². The summed E-state index contributed by atoms with van der Waals surface area (Å²) in [5.41, 5.74) is 5.89. The van der Waals surface area contributed by atoms with E-state index in [1.165, 1.54) is 60.8 Å². The van der Waals surface area contributed by atoms with Gasteiger partial charge >= 0.3 is 0 Å². The van der Waals surface area contributed by atoms with Crippen LogP contribution in [0.2, 0.25) is 0 Å². The quantitative estimate of drug-likeness (QED) is 0.486. The van der Waals surface area contributed by atoms with E-state index in [-0.39, 0.29) is 0 Å². The molecule has 0 saturated carbocycles. The van der Waals surface area contributed by atoms with Gasteiger partial charge in [0.2, 0.25) is 0 Å². The molecule has 0 nitrogen and oxygen atoms in total. The molecule has 0 aliphatic heterocycles. The minimum Gasteiger partial charge on any atom is -0.103 e. The summed E-state index contributed by atoms with van der Waals surface area (Å²) in [7, 11) is 0. The van der Waals surface area contributed by atoms with Gasteiger partial charge in [-0.1, -0.05) is 48.6 Å². The third-order valence-corrected chi connectivity index (χ3v) is 5.67. The Morgan fingerprint density at radius 2 is 1.17 bits per heavy atom. The first-order chi connectivity index (χ1) is 11.8. The van der Waals surface area contributed by atoms with Crippen molar-refractivity contribution in [2.45, 2.75) is 51.4 Å². The number of hydrogen-bond donors (Lipinski definition) is 0. The van der Waals surface area contributed by atoms with Crippen LogP contribution in [0.1, 0.15) is 62.5 Å². The molecule has 0 N–H and O–H groups in total. The highest BCUT2D eigenvalue weighted by Crippen LogP contribution is 2.34. The summed E-state index contributed by atoms with van der Waals surface area (Å²) in [6, 6.07) is 9.30. The Bertz CT molecular complexity index is 570. The van der Waals surface area contributed by atoms with Gasteiger partial charge in [0, 0.05) is 0 Å².